The lowest BCUT2D eigenvalue weighted by molar-refractivity contribution is -0.384. The average Bonchev–Trinajstić information content (AvgIpc) is 2.80. The second-order valence-corrected chi connectivity index (χ2v) is 5.57. The monoisotopic (exact) mass is 415 g/mol. The number of nitro groups is 1. The van der Waals surface area contributed by atoms with Crippen LogP contribution in [-0.2, 0) is 11.3 Å². The molecule has 0 saturated carbocycles. The average molecular weight is 415 g/mol. The molecule has 0 amide bonds. The van der Waals surface area contributed by atoms with Crippen LogP contribution in [0.1, 0.15) is 27.7 Å². The van der Waals surface area contributed by atoms with Gasteiger partial charge < -0.3 is 9.47 Å². The van der Waals surface area contributed by atoms with E-state index in [9.17, 15) is 14.9 Å². The summed E-state index contributed by atoms with van der Waals surface area (Å²) in [6.45, 7) is 8.59. The van der Waals surface area contributed by atoms with Gasteiger partial charge in [-0.25, -0.2) is 4.98 Å². The summed E-state index contributed by atoms with van der Waals surface area (Å²) < 4.78 is 11.7. The molecule has 2 aromatic carbocycles. The van der Waals surface area contributed by atoms with E-state index < -0.39 is 4.92 Å². The highest BCUT2D eigenvalue weighted by molar-refractivity contribution is 5.82. The number of nitro benzene ring substituents is 1. The van der Waals surface area contributed by atoms with E-state index in [4.69, 9.17) is 9.47 Å². The lowest BCUT2D eigenvalue weighted by Crippen LogP contribution is -2.25. The van der Waals surface area contributed by atoms with Crippen molar-refractivity contribution in [3.8, 4) is 17.1 Å². The molecule has 0 aliphatic rings. The van der Waals surface area contributed by atoms with E-state index in [2.05, 4.69) is 4.98 Å². The molecule has 162 valence electrons. The highest BCUT2D eigenvalue weighted by Gasteiger charge is 2.16. The normalized spacial score (nSPS) is 9.80. The largest absolute Gasteiger partial charge is 0.497 e. The summed E-state index contributed by atoms with van der Waals surface area (Å²) in [6.07, 6.45) is 0. The Morgan fingerprint density at radius 2 is 1.67 bits per heavy atom. The van der Waals surface area contributed by atoms with Crippen molar-refractivity contribution >= 4 is 16.6 Å². The number of rotatable bonds is 6. The molecule has 0 unspecified atom stereocenters. The summed E-state index contributed by atoms with van der Waals surface area (Å²) >= 11 is 0. The number of fused-ring (bicyclic) bond motifs is 1. The predicted molar refractivity (Wildman–Crippen MR) is 119 cm³/mol. The summed E-state index contributed by atoms with van der Waals surface area (Å²) in [7, 11) is 3.11. The van der Waals surface area contributed by atoms with Crippen molar-refractivity contribution < 1.29 is 14.4 Å². The maximum atomic E-state index is 12.9. The van der Waals surface area contributed by atoms with Crippen LogP contribution in [0.25, 0.3) is 22.3 Å². The molecule has 0 bridgehead atoms. The molecule has 0 radical (unpaired) electrons. The first-order valence-corrected chi connectivity index (χ1v) is 9.87. The van der Waals surface area contributed by atoms with E-state index in [0.717, 1.165) is 5.56 Å². The number of hydrogen-bond acceptors (Lipinski definition) is 6. The van der Waals surface area contributed by atoms with Gasteiger partial charge in [-0.2, -0.15) is 0 Å². The summed E-state index contributed by atoms with van der Waals surface area (Å²) in [5.41, 5.74) is 0.646. The molecule has 0 spiro atoms. The van der Waals surface area contributed by atoms with Gasteiger partial charge in [0.25, 0.3) is 11.2 Å². The van der Waals surface area contributed by atoms with Gasteiger partial charge in [0.1, 0.15) is 11.6 Å². The molecule has 0 atom stereocenters. The predicted octanol–water partition coefficient (Wildman–Crippen LogP) is 4.68. The fourth-order valence-corrected chi connectivity index (χ4v) is 2.67. The zero-order valence-corrected chi connectivity index (χ0v) is 18.3. The van der Waals surface area contributed by atoms with E-state index >= 15 is 0 Å². The van der Waals surface area contributed by atoms with Crippen molar-refractivity contribution in [3.63, 3.8) is 0 Å². The van der Waals surface area contributed by atoms with Crippen LogP contribution in [0.2, 0.25) is 0 Å². The van der Waals surface area contributed by atoms with Crippen LogP contribution >= 0.6 is 0 Å². The van der Waals surface area contributed by atoms with Gasteiger partial charge in [0.2, 0.25) is 0 Å². The van der Waals surface area contributed by atoms with Gasteiger partial charge in [-0.1, -0.05) is 27.7 Å². The maximum absolute atomic E-state index is 12.9. The standard InChI is InChI=1S/C18H17N3O5.2C2H6/c1-25-10-9-20-17(12-3-6-14(26-2)7-4-12)19-16-8-5-13(21(23)24)11-15(16)18(20)22;2*1-2/h3-8,11H,9-10H2,1-2H3;2*1-2H3. The third kappa shape index (κ3) is 5.64. The minimum absolute atomic E-state index is 0.146. The molecule has 8 heteroatoms. The van der Waals surface area contributed by atoms with Gasteiger partial charge in [-0.05, 0) is 30.3 Å². The van der Waals surface area contributed by atoms with Gasteiger partial charge in [0.15, 0.2) is 0 Å². The van der Waals surface area contributed by atoms with Crippen molar-refractivity contribution in [1.82, 2.24) is 9.55 Å². The van der Waals surface area contributed by atoms with Crippen LogP contribution in [0.5, 0.6) is 5.75 Å². The first kappa shape index (κ1) is 24.8. The summed E-state index contributed by atoms with van der Waals surface area (Å²) in [5, 5.41) is 11.2. The Balaban J connectivity index is 0.00000106. The van der Waals surface area contributed by atoms with E-state index in [1.165, 1.54) is 29.9 Å². The van der Waals surface area contributed by atoms with Crippen molar-refractivity contribution in [1.29, 1.82) is 0 Å². The molecular weight excluding hydrogens is 386 g/mol. The van der Waals surface area contributed by atoms with Gasteiger partial charge in [-0.3, -0.25) is 19.5 Å². The van der Waals surface area contributed by atoms with Crippen LogP contribution in [0.4, 0.5) is 5.69 Å². The first-order valence-electron chi connectivity index (χ1n) is 9.87. The Hall–Kier alpha value is -3.26. The quantitative estimate of drug-likeness (QED) is 0.428. The number of non-ortho nitro benzene ring substituents is 1. The maximum Gasteiger partial charge on any atom is 0.270 e. The van der Waals surface area contributed by atoms with Crippen LogP contribution in [0.15, 0.2) is 47.3 Å². The van der Waals surface area contributed by atoms with Crippen molar-refractivity contribution in [2.75, 3.05) is 20.8 Å². The topological polar surface area (TPSA) is 96.5 Å². The Morgan fingerprint density at radius 3 is 2.20 bits per heavy atom. The second-order valence-electron chi connectivity index (χ2n) is 5.57. The van der Waals surface area contributed by atoms with Gasteiger partial charge in [0.05, 0.1) is 36.1 Å². The molecule has 8 nitrogen and oxygen atoms in total. The van der Waals surface area contributed by atoms with Crippen LogP contribution in [0, 0.1) is 10.1 Å². The van der Waals surface area contributed by atoms with Gasteiger partial charge >= 0.3 is 0 Å². The Morgan fingerprint density at radius 1 is 1.03 bits per heavy atom. The minimum Gasteiger partial charge on any atom is -0.497 e. The van der Waals surface area contributed by atoms with Gasteiger partial charge in [-0.15, -0.1) is 0 Å². The first-order chi connectivity index (χ1) is 14.5. The fraction of sp³-hybridized carbons (Fsp3) is 0.364. The van der Waals surface area contributed by atoms with E-state index in [1.807, 2.05) is 27.7 Å². The second kappa shape index (κ2) is 12.3. The Labute approximate surface area is 176 Å². The number of hydrogen-bond donors (Lipinski definition) is 0. The Kier molecular flexibility index (Phi) is 10.2. The lowest BCUT2D eigenvalue weighted by atomic mass is 10.1. The van der Waals surface area contributed by atoms with E-state index in [-0.39, 0.29) is 23.2 Å². The number of benzene rings is 2. The SMILES string of the molecule is CC.CC.COCCn1c(-c2ccc(OC)cc2)nc2ccc([N+](=O)[O-])cc2c1=O. The zero-order valence-electron chi connectivity index (χ0n) is 18.3. The number of nitrogens with zero attached hydrogens (tertiary/aromatic N) is 3. The third-order valence-corrected chi connectivity index (χ3v) is 4.02. The smallest absolute Gasteiger partial charge is 0.270 e. The lowest BCUT2D eigenvalue weighted by Gasteiger charge is -2.13. The number of aromatic nitrogens is 2. The third-order valence-electron chi connectivity index (χ3n) is 4.02. The summed E-state index contributed by atoms with van der Waals surface area (Å²) in [4.78, 5) is 28.0. The van der Waals surface area contributed by atoms with Crippen molar-refractivity contribution in [2.45, 2.75) is 34.2 Å². The van der Waals surface area contributed by atoms with Crippen molar-refractivity contribution in [3.05, 3.63) is 62.9 Å². The molecule has 1 aromatic heterocycles. The molecule has 0 fully saturated rings. The molecule has 0 saturated heterocycles. The van der Waals surface area contributed by atoms with Crippen LogP contribution < -0.4 is 10.3 Å². The van der Waals surface area contributed by atoms with Crippen LogP contribution in [0.3, 0.4) is 0 Å². The van der Waals surface area contributed by atoms with Gasteiger partial charge in [0, 0.05) is 24.8 Å². The highest BCUT2D eigenvalue weighted by Crippen LogP contribution is 2.23. The molecule has 0 aliphatic heterocycles. The fourth-order valence-electron chi connectivity index (χ4n) is 2.67. The Bertz CT molecular complexity index is 1010. The molecule has 0 N–H and O–H groups in total. The number of ether oxygens (including phenoxy) is 2. The molecule has 30 heavy (non-hydrogen) atoms. The van der Waals surface area contributed by atoms with Crippen molar-refractivity contribution in [2.24, 2.45) is 0 Å². The summed E-state index contributed by atoms with van der Waals surface area (Å²) in [6, 6.07) is 11.3. The number of methoxy groups -OCH3 is 2. The molecule has 3 aromatic rings. The molecule has 1 heterocycles. The highest BCUT2D eigenvalue weighted by atomic mass is 16.6. The van der Waals surface area contributed by atoms with E-state index in [0.29, 0.717) is 23.7 Å². The summed E-state index contributed by atoms with van der Waals surface area (Å²) in [5.74, 6) is 1.16. The molecule has 3 rings (SSSR count). The zero-order chi connectivity index (χ0) is 22.7. The minimum atomic E-state index is -0.532. The molecular formula is C22H29N3O5. The van der Waals surface area contributed by atoms with E-state index in [1.54, 1.807) is 31.4 Å². The van der Waals surface area contributed by atoms with Crippen LogP contribution in [-0.4, -0.2) is 35.3 Å². The molecule has 0 aliphatic carbocycles.